The molecule has 1 N–H and O–H groups in total. The van der Waals surface area contributed by atoms with Crippen LogP contribution in [0.4, 0.5) is 4.39 Å². The third kappa shape index (κ3) is 2.70. The van der Waals surface area contributed by atoms with E-state index in [4.69, 9.17) is 11.6 Å². The monoisotopic (exact) mass is 269 g/mol. The molecular formula is C15H21ClFN. The van der Waals surface area contributed by atoms with Crippen molar-refractivity contribution in [2.75, 3.05) is 13.6 Å². The maximum Gasteiger partial charge on any atom is 0.145 e. The second kappa shape index (κ2) is 6.03. The van der Waals surface area contributed by atoms with Crippen LogP contribution in [0, 0.1) is 5.82 Å². The number of rotatable bonds is 3. The molecule has 1 nitrogen and oxygen atoms in total. The van der Waals surface area contributed by atoms with Crippen molar-refractivity contribution in [3.05, 3.63) is 34.6 Å². The van der Waals surface area contributed by atoms with E-state index in [9.17, 15) is 4.39 Å². The summed E-state index contributed by atoms with van der Waals surface area (Å²) in [5.74, 6) is -0.226. The maximum atomic E-state index is 14.3. The van der Waals surface area contributed by atoms with E-state index in [0.717, 1.165) is 24.9 Å². The van der Waals surface area contributed by atoms with Gasteiger partial charge in [0.05, 0.1) is 5.02 Å². The van der Waals surface area contributed by atoms with Crippen LogP contribution in [-0.4, -0.2) is 13.6 Å². The average molecular weight is 270 g/mol. The van der Waals surface area contributed by atoms with Crippen molar-refractivity contribution in [3.63, 3.8) is 0 Å². The SMILES string of the molecule is CNCC1(c2cccc(Cl)c2F)CCCCCC1. The first-order chi connectivity index (χ1) is 8.69. The molecule has 1 fully saturated rings. The second-order valence-electron chi connectivity index (χ2n) is 5.33. The van der Waals surface area contributed by atoms with Gasteiger partial charge in [0.25, 0.3) is 0 Å². The van der Waals surface area contributed by atoms with Gasteiger partial charge in [-0.05, 0) is 31.5 Å². The zero-order valence-electron chi connectivity index (χ0n) is 10.9. The van der Waals surface area contributed by atoms with Crippen LogP contribution >= 0.6 is 11.6 Å². The van der Waals surface area contributed by atoms with Crippen molar-refractivity contribution in [1.82, 2.24) is 5.32 Å². The van der Waals surface area contributed by atoms with Gasteiger partial charge >= 0.3 is 0 Å². The lowest BCUT2D eigenvalue weighted by atomic mass is 9.74. The summed E-state index contributed by atoms with van der Waals surface area (Å²) in [5, 5.41) is 3.48. The van der Waals surface area contributed by atoms with Gasteiger partial charge in [-0.2, -0.15) is 0 Å². The number of halogens is 2. The minimum atomic E-state index is -0.226. The third-order valence-electron chi connectivity index (χ3n) is 4.10. The van der Waals surface area contributed by atoms with E-state index < -0.39 is 0 Å². The highest BCUT2D eigenvalue weighted by Crippen LogP contribution is 2.40. The molecule has 0 heterocycles. The van der Waals surface area contributed by atoms with Crippen LogP contribution in [0.3, 0.4) is 0 Å². The Labute approximate surface area is 114 Å². The van der Waals surface area contributed by atoms with Crippen molar-refractivity contribution < 1.29 is 4.39 Å². The van der Waals surface area contributed by atoms with Crippen LogP contribution in [0.5, 0.6) is 0 Å². The Morgan fingerprint density at radius 3 is 2.50 bits per heavy atom. The molecule has 1 aromatic carbocycles. The number of hydrogen-bond donors (Lipinski definition) is 1. The second-order valence-corrected chi connectivity index (χ2v) is 5.73. The molecule has 0 saturated heterocycles. The quantitative estimate of drug-likeness (QED) is 0.807. The summed E-state index contributed by atoms with van der Waals surface area (Å²) in [5.41, 5.74) is 0.714. The Morgan fingerprint density at radius 1 is 1.22 bits per heavy atom. The third-order valence-corrected chi connectivity index (χ3v) is 4.39. The Balaban J connectivity index is 2.41. The maximum absolute atomic E-state index is 14.3. The van der Waals surface area contributed by atoms with Crippen molar-refractivity contribution >= 4 is 11.6 Å². The molecule has 1 aromatic rings. The minimum absolute atomic E-state index is 0.0831. The molecule has 0 aliphatic heterocycles. The minimum Gasteiger partial charge on any atom is -0.319 e. The first-order valence-corrected chi connectivity index (χ1v) is 7.16. The van der Waals surface area contributed by atoms with Gasteiger partial charge in [-0.3, -0.25) is 0 Å². The van der Waals surface area contributed by atoms with Gasteiger partial charge in [0, 0.05) is 12.0 Å². The average Bonchev–Trinajstić information content (AvgIpc) is 2.59. The van der Waals surface area contributed by atoms with Crippen molar-refractivity contribution in [3.8, 4) is 0 Å². The van der Waals surface area contributed by atoms with Crippen molar-refractivity contribution in [1.29, 1.82) is 0 Å². The van der Waals surface area contributed by atoms with Crippen LogP contribution in [0.25, 0.3) is 0 Å². The zero-order valence-corrected chi connectivity index (χ0v) is 11.7. The van der Waals surface area contributed by atoms with E-state index >= 15 is 0 Å². The van der Waals surface area contributed by atoms with Crippen molar-refractivity contribution in [2.24, 2.45) is 0 Å². The Hall–Kier alpha value is -0.600. The molecule has 3 heteroatoms. The zero-order chi connectivity index (χ0) is 13.0. The van der Waals surface area contributed by atoms with E-state index in [1.807, 2.05) is 19.2 Å². The van der Waals surface area contributed by atoms with Crippen molar-refractivity contribution in [2.45, 2.75) is 43.9 Å². The molecule has 100 valence electrons. The smallest absolute Gasteiger partial charge is 0.145 e. The van der Waals surface area contributed by atoms with E-state index in [-0.39, 0.29) is 16.3 Å². The summed E-state index contributed by atoms with van der Waals surface area (Å²) in [7, 11) is 1.94. The lowest BCUT2D eigenvalue weighted by Crippen LogP contribution is -2.37. The fourth-order valence-electron chi connectivity index (χ4n) is 3.20. The fraction of sp³-hybridized carbons (Fsp3) is 0.600. The Bertz CT molecular complexity index is 397. The molecule has 0 spiro atoms. The van der Waals surface area contributed by atoms with Gasteiger partial charge < -0.3 is 5.32 Å². The number of nitrogens with one attached hydrogen (secondary N) is 1. The molecule has 2 rings (SSSR count). The van der Waals surface area contributed by atoms with Crippen LogP contribution in [0.1, 0.15) is 44.1 Å². The first-order valence-electron chi connectivity index (χ1n) is 6.79. The van der Waals surface area contributed by atoms with Crippen LogP contribution in [-0.2, 0) is 5.41 Å². The molecule has 1 saturated carbocycles. The molecule has 0 atom stereocenters. The molecule has 0 bridgehead atoms. The highest BCUT2D eigenvalue weighted by atomic mass is 35.5. The topological polar surface area (TPSA) is 12.0 Å². The lowest BCUT2D eigenvalue weighted by molar-refractivity contribution is 0.344. The summed E-state index contributed by atoms with van der Waals surface area (Å²) >= 11 is 5.94. The summed E-state index contributed by atoms with van der Waals surface area (Å²) in [6.07, 6.45) is 6.96. The van der Waals surface area contributed by atoms with Gasteiger partial charge in [0.1, 0.15) is 5.82 Å². The molecular weight excluding hydrogens is 249 g/mol. The number of hydrogen-bond acceptors (Lipinski definition) is 1. The van der Waals surface area contributed by atoms with Gasteiger partial charge in [-0.15, -0.1) is 0 Å². The molecule has 1 aliphatic rings. The molecule has 1 aliphatic carbocycles. The highest BCUT2D eigenvalue weighted by molar-refractivity contribution is 6.30. The van der Waals surface area contributed by atoms with E-state index in [1.165, 1.54) is 25.7 Å². The van der Waals surface area contributed by atoms with Gasteiger partial charge in [0.2, 0.25) is 0 Å². The highest BCUT2D eigenvalue weighted by Gasteiger charge is 2.34. The molecule has 0 aromatic heterocycles. The lowest BCUT2D eigenvalue weighted by Gasteiger charge is -2.34. The fourth-order valence-corrected chi connectivity index (χ4v) is 3.37. The van der Waals surface area contributed by atoms with Crippen LogP contribution in [0.15, 0.2) is 18.2 Å². The number of benzene rings is 1. The standard InChI is InChI=1S/C15H21ClFN/c1-18-11-15(9-4-2-3-5-10-15)12-7-6-8-13(16)14(12)17/h6-8,18H,2-5,9-11H2,1H3. The number of likely N-dealkylation sites (N-methyl/N-ethyl adjacent to an activating group) is 1. The van der Waals surface area contributed by atoms with Gasteiger partial charge in [-0.25, -0.2) is 4.39 Å². The molecule has 0 radical (unpaired) electrons. The molecule has 0 unspecified atom stereocenters. The summed E-state index contributed by atoms with van der Waals surface area (Å²) in [4.78, 5) is 0. The van der Waals surface area contributed by atoms with Gasteiger partial charge in [0.15, 0.2) is 0 Å². The Kier molecular flexibility index (Phi) is 4.63. The molecule has 18 heavy (non-hydrogen) atoms. The Morgan fingerprint density at radius 2 is 1.89 bits per heavy atom. The predicted molar refractivity (Wildman–Crippen MR) is 74.7 cm³/mol. The normalized spacial score (nSPS) is 19.5. The van der Waals surface area contributed by atoms with E-state index in [2.05, 4.69) is 5.32 Å². The first kappa shape index (κ1) is 13.8. The largest absolute Gasteiger partial charge is 0.319 e. The van der Waals surface area contributed by atoms with Crippen LogP contribution < -0.4 is 5.32 Å². The van der Waals surface area contributed by atoms with Gasteiger partial charge in [-0.1, -0.05) is 49.4 Å². The summed E-state index contributed by atoms with van der Waals surface area (Å²) < 4.78 is 14.3. The van der Waals surface area contributed by atoms with E-state index in [0.29, 0.717) is 0 Å². The molecule has 0 amide bonds. The van der Waals surface area contributed by atoms with E-state index in [1.54, 1.807) is 6.07 Å². The summed E-state index contributed by atoms with van der Waals surface area (Å²) in [6.45, 7) is 0.824. The summed E-state index contributed by atoms with van der Waals surface area (Å²) in [6, 6.07) is 5.40. The van der Waals surface area contributed by atoms with Crippen LogP contribution in [0.2, 0.25) is 5.02 Å². The predicted octanol–water partition coefficient (Wildman–Crippen LogP) is 4.29.